The third-order valence-corrected chi connectivity index (χ3v) is 10.8. The lowest BCUT2D eigenvalue weighted by atomic mass is 9.47. The third-order valence-electron chi connectivity index (χ3n) is 10.8. The molecule has 1 saturated heterocycles. The lowest BCUT2D eigenvalue weighted by Crippen LogP contribution is -2.58. The van der Waals surface area contributed by atoms with Crippen LogP contribution in [0.4, 0.5) is 0 Å². The zero-order chi connectivity index (χ0) is 23.9. The number of epoxide rings is 1. The highest BCUT2D eigenvalue weighted by Crippen LogP contribution is 2.72. The number of ether oxygens (including phenoxy) is 1. The van der Waals surface area contributed by atoms with Gasteiger partial charge in [0.05, 0.1) is 11.5 Å². The number of carboxylic acids is 1. The van der Waals surface area contributed by atoms with E-state index < -0.39 is 23.1 Å². The van der Waals surface area contributed by atoms with Crippen LogP contribution in [0, 0.1) is 40.4 Å². The second kappa shape index (κ2) is 7.66. The van der Waals surface area contributed by atoms with Crippen molar-refractivity contribution in [2.45, 2.75) is 103 Å². The number of carbonyl (C=O) groups is 1. The van der Waals surface area contributed by atoms with Gasteiger partial charge in [0.1, 0.15) is 17.8 Å². The number of hydrogen-bond donors (Lipinski definition) is 3. The van der Waals surface area contributed by atoms with E-state index in [4.69, 9.17) is 4.74 Å². The van der Waals surface area contributed by atoms with E-state index in [0.717, 1.165) is 43.3 Å². The summed E-state index contributed by atoms with van der Waals surface area (Å²) in [6.07, 6.45) is 8.34. The normalized spacial score (nSPS) is 48.2. The largest absolute Gasteiger partial charge is 0.481 e. The lowest BCUT2D eigenvalue weighted by molar-refractivity contribution is -0.151. The summed E-state index contributed by atoms with van der Waals surface area (Å²) in [4.78, 5) is 13.0. The fraction of sp³-hybridized carbons (Fsp3) is 0.821. The van der Waals surface area contributed by atoms with Gasteiger partial charge < -0.3 is 20.1 Å². The Morgan fingerprint density at radius 2 is 1.82 bits per heavy atom. The van der Waals surface area contributed by atoms with Crippen LogP contribution in [0.25, 0.3) is 0 Å². The second-order valence-electron chi connectivity index (χ2n) is 12.5. The number of allylic oxidation sites excluding steroid dienone is 2. The molecule has 33 heavy (non-hydrogen) atoms. The average molecular weight is 459 g/mol. The zero-order valence-electron chi connectivity index (χ0n) is 20.9. The fourth-order valence-electron chi connectivity index (χ4n) is 8.46. The highest BCUT2D eigenvalue weighted by Gasteiger charge is 2.77. The van der Waals surface area contributed by atoms with Crippen LogP contribution >= 0.6 is 0 Å². The third kappa shape index (κ3) is 3.04. The molecule has 1 heterocycles. The quantitative estimate of drug-likeness (QED) is 0.410. The number of fused-ring (bicyclic) bond motifs is 3. The first kappa shape index (κ1) is 23.6. The standard InChI is InChI=1S/C28H42O5/c1-15(2)16(3)6-7-17(4)19-8-9-21-22-20(11-13-27(19,21)25(31)32)26(5)12-10-18(29)14-28(26)24(33-28)23(22)30/h6-7,15-20,23-24,29-30H,8-14H2,1-5H3,(H,31,32)/t16-,17+,18-,19+,20-,23+,24-,26+,27-,28-/m0/s1. The van der Waals surface area contributed by atoms with E-state index in [2.05, 4.69) is 46.8 Å². The topological polar surface area (TPSA) is 90.3 Å². The molecule has 4 aliphatic carbocycles. The molecule has 0 amide bonds. The number of rotatable bonds is 5. The van der Waals surface area contributed by atoms with Crippen molar-refractivity contribution in [3.8, 4) is 0 Å². The molecule has 5 heteroatoms. The maximum Gasteiger partial charge on any atom is 0.314 e. The summed E-state index contributed by atoms with van der Waals surface area (Å²) in [6.45, 7) is 11.1. The van der Waals surface area contributed by atoms with Crippen molar-refractivity contribution in [3.05, 3.63) is 23.3 Å². The van der Waals surface area contributed by atoms with Crippen LogP contribution in [-0.4, -0.2) is 45.2 Å². The minimum Gasteiger partial charge on any atom is -0.481 e. The first-order valence-electron chi connectivity index (χ1n) is 13.2. The molecule has 0 aromatic heterocycles. The molecule has 4 fully saturated rings. The highest BCUT2D eigenvalue weighted by molar-refractivity contribution is 5.81. The molecule has 3 saturated carbocycles. The van der Waals surface area contributed by atoms with Gasteiger partial charge in [-0.3, -0.25) is 4.79 Å². The monoisotopic (exact) mass is 458 g/mol. The van der Waals surface area contributed by atoms with E-state index in [1.54, 1.807) is 0 Å². The molecular formula is C28H42O5. The molecule has 1 spiro atoms. The number of aliphatic hydroxyl groups excluding tert-OH is 2. The smallest absolute Gasteiger partial charge is 0.314 e. The van der Waals surface area contributed by atoms with Gasteiger partial charge in [-0.25, -0.2) is 0 Å². The number of carboxylic acid groups (broad SMARTS) is 1. The van der Waals surface area contributed by atoms with Crippen LogP contribution in [0.5, 0.6) is 0 Å². The van der Waals surface area contributed by atoms with E-state index in [9.17, 15) is 20.1 Å². The molecule has 184 valence electrons. The predicted molar refractivity (Wildman–Crippen MR) is 126 cm³/mol. The summed E-state index contributed by atoms with van der Waals surface area (Å²) >= 11 is 0. The minimum atomic E-state index is -0.878. The van der Waals surface area contributed by atoms with Crippen LogP contribution < -0.4 is 0 Å². The van der Waals surface area contributed by atoms with E-state index in [-0.39, 0.29) is 35.4 Å². The summed E-state index contributed by atoms with van der Waals surface area (Å²) < 4.78 is 6.25. The first-order chi connectivity index (χ1) is 15.5. The molecule has 10 atom stereocenters. The van der Waals surface area contributed by atoms with Crippen molar-refractivity contribution in [3.63, 3.8) is 0 Å². The van der Waals surface area contributed by atoms with Crippen molar-refractivity contribution in [1.82, 2.24) is 0 Å². The summed E-state index contributed by atoms with van der Waals surface area (Å²) in [5.41, 5.74) is 0.548. The SMILES string of the molecule is CC(C)[C@@H](C)C=C[C@@H](C)[C@H]1CCC2=C3[C@@H](O)[C@@H]4O[C@@]45C[C@@H](O)CC[C@]5(C)[C@H]3CC[C@@]21C(=O)O. The van der Waals surface area contributed by atoms with Gasteiger partial charge in [-0.1, -0.05) is 52.3 Å². The first-order valence-corrected chi connectivity index (χ1v) is 13.2. The Balaban J connectivity index is 1.54. The molecule has 0 aromatic rings. The van der Waals surface area contributed by atoms with Crippen LogP contribution in [0.15, 0.2) is 23.3 Å². The highest BCUT2D eigenvalue weighted by atomic mass is 16.6. The van der Waals surface area contributed by atoms with Gasteiger partial charge in [-0.2, -0.15) is 0 Å². The molecule has 5 aliphatic rings. The zero-order valence-corrected chi connectivity index (χ0v) is 20.9. The number of aliphatic carboxylic acids is 1. The van der Waals surface area contributed by atoms with Crippen molar-refractivity contribution < 1.29 is 24.9 Å². The molecule has 3 N–H and O–H groups in total. The fourth-order valence-corrected chi connectivity index (χ4v) is 8.46. The maximum absolute atomic E-state index is 13.0. The predicted octanol–water partition coefficient (Wildman–Crippen LogP) is 4.72. The summed E-state index contributed by atoms with van der Waals surface area (Å²) in [6, 6.07) is 0. The van der Waals surface area contributed by atoms with Crippen molar-refractivity contribution in [2.24, 2.45) is 40.4 Å². The molecular weight excluding hydrogens is 416 g/mol. The average Bonchev–Trinajstić information content (AvgIpc) is 3.35. The molecule has 5 nitrogen and oxygen atoms in total. The van der Waals surface area contributed by atoms with Crippen molar-refractivity contribution in [1.29, 1.82) is 0 Å². The van der Waals surface area contributed by atoms with Crippen LogP contribution in [0.1, 0.15) is 79.6 Å². The Morgan fingerprint density at radius 1 is 1.09 bits per heavy atom. The maximum atomic E-state index is 13.0. The summed E-state index contributed by atoms with van der Waals surface area (Å²) in [5, 5.41) is 32.5. The number of hydrogen-bond acceptors (Lipinski definition) is 4. The van der Waals surface area contributed by atoms with E-state index in [1.807, 2.05) is 0 Å². The van der Waals surface area contributed by atoms with Crippen LogP contribution in [0.3, 0.4) is 0 Å². The Hall–Kier alpha value is -1.17. The Morgan fingerprint density at radius 3 is 2.48 bits per heavy atom. The molecule has 0 aromatic carbocycles. The molecule has 1 aliphatic heterocycles. The van der Waals surface area contributed by atoms with Crippen LogP contribution in [-0.2, 0) is 9.53 Å². The molecule has 0 bridgehead atoms. The molecule has 0 unspecified atom stereocenters. The van der Waals surface area contributed by atoms with E-state index in [0.29, 0.717) is 24.7 Å². The Kier molecular flexibility index (Phi) is 5.47. The molecule has 5 rings (SSSR count). The van der Waals surface area contributed by atoms with Gasteiger partial charge in [-0.15, -0.1) is 0 Å². The van der Waals surface area contributed by atoms with Crippen molar-refractivity contribution in [2.75, 3.05) is 0 Å². The Labute approximate surface area is 198 Å². The van der Waals surface area contributed by atoms with Gasteiger partial charge in [0, 0.05) is 11.8 Å². The van der Waals surface area contributed by atoms with Gasteiger partial charge in [0.25, 0.3) is 0 Å². The minimum absolute atomic E-state index is 0.0500. The van der Waals surface area contributed by atoms with Crippen LogP contribution in [0.2, 0.25) is 0 Å². The van der Waals surface area contributed by atoms with E-state index in [1.165, 1.54) is 0 Å². The molecule has 0 radical (unpaired) electrons. The van der Waals surface area contributed by atoms with E-state index >= 15 is 0 Å². The second-order valence-corrected chi connectivity index (χ2v) is 12.5. The Bertz CT molecular complexity index is 891. The van der Waals surface area contributed by atoms with Gasteiger partial charge in [0.15, 0.2) is 0 Å². The lowest BCUT2D eigenvalue weighted by Gasteiger charge is -2.55. The summed E-state index contributed by atoms with van der Waals surface area (Å²) in [7, 11) is 0. The van der Waals surface area contributed by atoms with Crippen molar-refractivity contribution >= 4 is 5.97 Å². The van der Waals surface area contributed by atoms with Gasteiger partial charge in [0.2, 0.25) is 0 Å². The van der Waals surface area contributed by atoms with Gasteiger partial charge in [-0.05, 0) is 73.7 Å². The van der Waals surface area contributed by atoms with Gasteiger partial charge >= 0.3 is 5.97 Å². The summed E-state index contributed by atoms with van der Waals surface area (Å²) in [5.74, 6) is 0.679. The number of aliphatic hydroxyl groups is 2.